The molecule has 0 spiro atoms. The number of thioether (sulfide) groups is 1. The van der Waals surface area contributed by atoms with Crippen molar-refractivity contribution in [2.45, 2.75) is 35.2 Å². The van der Waals surface area contributed by atoms with Crippen LogP contribution in [0.15, 0.2) is 77.8 Å². The Balaban J connectivity index is 1.39. The number of carbonyl (C=O) groups excluding carboxylic acids is 1. The number of likely N-dealkylation sites (tertiary alicyclic amines) is 1. The summed E-state index contributed by atoms with van der Waals surface area (Å²) in [7, 11) is 0. The van der Waals surface area contributed by atoms with Crippen molar-refractivity contribution in [3.05, 3.63) is 84.2 Å². The second kappa shape index (κ2) is 10.7. The smallest absolute Gasteiger partial charge is 0.416 e. The highest BCUT2D eigenvalue weighted by Gasteiger charge is 2.42. The van der Waals surface area contributed by atoms with Crippen molar-refractivity contribution in [2.24, 2.45) is 0 Å². The molecule has 4 rings (SSSR count). The number of piperidine rings is 1. The number of benzene rings is 2. The van der Waals surface area contributed by atoms with E-state index in [-0.39, 0.29) is 5.75 Å². The number of hydrogen-bond acceptors (Lipinski definition) is 6. The average molecular weight is 504 g/mol. The maximum absolute atomic E-state index is 12.7. The van der Waals surface area contributed by atoms with Gasteiger partial charge in [0.1, 0.15) is 16.2 Å². The lowest BCUT2D eigenvalue weighted by molar-refractivity contribution is -0.137. The minimum atomic E-state index is -4.40. The van der Waals surface area contributed by atoms with Crippen molar-refractivity contribution in [1.29, 1.82) is 0 Å². The molecule has 6 nitrogen and oxygen atoms in total. The second-order valence-corrected chi connectivity index (χ2v) is 9.69. The SMILES string of the molecule is O=C(NO)C1(Sc2ccc(Oc3ccc(C(F)(F)F)cc3)cc2)CCN(Cc2ccccn2)CC1. The predicted octanol–water partition coefficient (Wildman–Crippen LogP) is 5.53. The molecule has 1 fully saturated rings. The fourth-order valence-corrected chi connectivity index (χ4v) is 5.17. The molecular weight excluding hydrogens is 479 g/mol. The highest BCUT2D eigenvalue weighted by molar-refractivity contribution is 8.01. The molecular formula is C25H24F3N3O3S. The second-order valence-electron chi connectivity index (χ2n) is 8.23. The molecule has 10 heteroatoms. The van der Waals surface area contributed by atoms with Gasteiger partial charge in [0.2, 0.25) is 0 Å². The lowest BCUT2D eigenvalue weighted by atomic mass is 9.94. The van der Waals surface area contributed by atoms with Gasteiger partial charge in [0.15, 0.2) is 0 Å². The molecule has 0 bridgehead atoms. The fourth-order valence-electron chi connectivity index (χ4n) is 3.92. The highest BCUT2D eigenvalue weighted by atomic mass is 32.2. The first-order chi connectivity index (χ1) is 16.8. The van der Waals surface area contributed by atoms with E-state index in [4.69, 9.17) is 4.74 Å². The quantitative estimate of drug-likeness (QED) is 0.327. The summed E-state index contributed by atoms with van der Waals surface area (Å²) in [6.45, 7) is 2.04. The first-order valence-corrected chi connectivity index (χ1v) is 11.8. The van der Waals surface area contributed by atoms with E-state index in [1.165, 1.54) is 23.9 Å². The van der Waals surface area contributed by atoms with Crippen LogP contribution < -0.4 is 10.2 Å². The summed E-state index contributed by atoms with van der Waals surface area (Å²) in [6.07, 6.45) is -1.56. The Labute approximate surface area is 205 Å². The van der Waals surface area contributed by atoms with E-state index in [9.17, 15) is 23.2 Å². The van der Waals surface area contributed by atoms with Crippen molar-refractivity contribution in [3.63, 3.8) is 0 Å². The molecule has 1 saturated heterocycles. The van der Waals surface area contributed by atoms with E-state index in [1.54, 1.807) is 30.5 Å². The third kappa shape index (κ3) is 6.33. The number of nitrogens with zero attached hydrogens (tertiary/aromatic N) is 2. The summed E-state index contributed by atoms with van der Waals surface area (Å²) < 4.78 is 43.0. The Hall–Kier alpha value is -3.08. The molecule has 0 saturated carbocycles. The molecule has 35 heavy (non-hydrogen) atoms. The fraction of sp³-hybridized carbons (Fsp3) is 0.280. The first-order valence-electron chi connectivity index (χ1n) is 11.0. The molecule has 2 aromatic carbocycles. The third-order valence-electron chi connectivity index (χ3n) is 5.85. The minimum absolute atomic E-state index is 0.287. The minimum Gasteiger partial charge on any atom is -0.457 e. The number of ether oxygens (including phenoxy) is 1. The predicted molar refractivity (Wildman–Crippen MR) is 125 cm³/mol. The number of rotatable bonds is 7. The van der Waals surface area contributed by atoms with E-state index in [1.807, 2.05) is 23.7 Å². The largest absolute Gasteiger partial charge is 0.457 e. The van der Waals surface area contributed by atoms with Gasteiger partial charge in [-0.05, 0) is 73.5 Å². The van der Waals surface area contributed by atoms with Crippen LogP contribution in [0, 0.1) is 0 Å². The maximum atomic E-state index is 12.7. The van der Waals surface area contributed by atoms with Gasteiger partial charge in [-0.3, -0.25) is 19.9 Å². The van der Waals surface area contributed by atoms with Gasteiger partial charge in [0.05, 0.1) is 11.3 Å². The summed E-state index contributed by atoms with van der Waals surface area (Å²) in [4.78, 5) is 20.0. The monoisotopic (exact) mass is 503 g/mol. The number of carbonyl (C=O) groups is 1. The Morgan fingerprint density at radius 3 is 2.20 bits per heavy atom. The zero-order chi connectivity index (χ0) is 24.9. The van der Waals surface area contributed by atoms with Gasteiger partial charge < -0.3 is 4.74 Å². The van der Waals surface area contributed by atoms with Gasteiger partial charge in [0.25, 0.3) is 5.91 Å². The Kier molecular flexibility index (Phi) is 7.63. The number of hydroxylamine groups is 1. The summed E-state index contributed by atoms with van der Waals surface area (Å²) in [6, 6.07) is 17.2. The standard InChI is InChI=1S/C25H24F3N3O3S/c26-25(27,28)18-4-6-20(7-5-18)34-21-8-10-22(11-9-21)35-24(23(32)30-33)12-15-31(16-13-24)17-19-3-1-2-14-29-19/h1-11,14,33H,12-13,15-17H2,(H,30,32). The number of alkyl halides is 3. The number of aromatic nitrogens is 1. The molecule has 0 radical (unpaired) electrons. The number of halogens is 3. The van der Waals surface area contributed by atoms with Crippen molar-refractivity contribution < 1.29 is 27.9 Å². The average Bonchev–Trinajstić information content (AvgIpc) is 2.86. The third-order valence-corrected chi connectivity index (χ3v) is 7.34. The topological polar surface area (TPSA) is 74.7 Å². The highest BCUT2D eigenvalue weighted by Crippen LogP contribution is 2.42. The lowest BCUT2D eigenvalue weighted by Gasteiger charge is -2.39. The molecule has 1 amide bonds. The lowest BCUT2D eigenvalue weighted by Crippen LogP contribution is -2.51. The van der Waals surface area contributed by atoms with Crippen LogP contribution in [-0.2, 0) is 17.5 Å². The van der Waals surface area contributed by atoms with Crippen molar-refractivity contribution in [3.8, 4) is 11.5 Å². The molecule has 2 N–H and O–H groups in total. The summed E-state index contributed by atoms with van der Waals surface area (Å²) >= 11 is 1.38. The van der Waals surface area contributed by atoms with Crippen LogP contribution in [0.25, 0.3) is 0 Å². The Morgan fingerprint density at radius 2 is 1.66 bits per heavy atom. The molecule has 3 aromatic rings. The van der Waals surface area contributed by atoms with E-state index >= 15 is 0 Å². The van der Waals surface area contributed by atoms with Crippen LogP contribution in [0.5, 0.6) is 11.5 Å². The van der Waals surface area contributed by atoms with Crippen LogP contribution in [0.2, 0.25) is 0 Å². The molecule has 0 aliphatic carbocycles. The summed E-state index contributed by atoms with van der Waals surface area (Å²) in [5.74, 6) is 0.305. The first kappa shape index (κ1) is 25.0. The molecule has 184 valence electrons. The number of hydrogen-bond donors (Lipinski definition) is 2. The van der Waals surface area contributed by atoms with Crippen LogP contribution in [-0.4, -0.2) is 38.8 Å². The van der Waals surface area contributed by atoms with Crippen LogP contribution in [0.1, 0.15) is 24.1 Å². The van der Waals surface area contributed by atoms with Crippen molar-refractivity contribution in [1.82, 2.24) is 15.4 Å². The van der Waals surface area contributed by atoms with Crippen molar-refractivity contribution in [2.75, 3.05) is 13.1 Å². The van der Waals surface area contributed by atoms with Gasteiger partial charge in [-0.15, -0.1) is 11.8 Å². The molecule has 0 atom stereocenters. The van der Waals surface area contributed by atoms with Crippen LogP contribution >= 0.6 is 11.8 Å². The van der Waals surface area contributed by atoms with Crippen LogP contribution in [0.3, 0.4) is 0 Å². The molecule has 1 aromatic heterocycles. The number of amides is 1. The number of nitrogens with one attached hydrogen (secondary N) is 1. The number of pyridine rings is 1. The normalized spacial score (nSPS) is 16.0. The van der Waals surface area contributed by atoms with Gasteiger partial charge in [-0.25, -0.2) is 5.48 Å². The van der Waals surface area contributed by atoms with E-state index in [0.29, 0.717) is 38.2 Å². The van der Waals surface area contributed by atoms with Crippen LogP contribution in [0.4, 0.5) is 13.2 Å². The van der Waals surface area contributed by atoms with E-state index < -0.39 is 22.4 Å². The van der Waals surface area contributed by atoms with Gasteiger partial charge in [0, 0.05) is 30.7 Å². The van der Waals surface area contributed by atoms with E-state index in [2.05, 4.69) is 9.88 Å². The van der Waals surface area contributed by atoms with E-state index in [0.717, 1.165) is 22.7 Å². The van der Waals surface area contributed by atoms with Gasteiger partial charge >= 0.3 is 6.18 Å². The van der Waals surface area contributed by atoms with Gasteiger partial charge in [-0.1, -0.05) is 6.07 Å². The summed E-state index contributed by atoms with van der Waals surface area (Å²) in [5, 5.41) is 9.38. The van der Waals surface area contributed by atoms with Crippen molar-refractivity contribution >= 4 is 17.7 Å². The molecule has 0 unspecified atom stereocenters. The Bertz CT molecular complexity index is 1120. The summed E-state index contributed by atoms with van der Waals surface area (Å²) in [5.41, 5.74) is 2.04. The maximum Gasteiger partial charge on any atom is 0.416 e. The zero-order valence-corrected chi connectivity index (χ0v) is 19.5. The molecule has 1 aliphatic rings. The zero-order valence-electron chi connectivity index (χ0n) is 18.7. The molecule has 2 heterocycles. The molecule has 1 aliphatic heterocycles. The van der Waals surface area contributed by atoms with Gasteiger partial charge in [-0.2, -0.15) is 13.2 Å². The Morgan fingerprint density at radius 1 is 1.03 bits per heavy atom.